The Hall–Kier alpha value is -1.88. The Morgan fingerprint density at radius 1 is 1.14 bits per heavy atom. The monoisotopic (exact) mass is 399 g/mol. The average Bonchev–Trinajstić information content (AvgIpc) is 3.25. The molecule has 2 atom stereocenters. The van der Waals surface area contributed by atoms with Crippen molar-refractivity contribution in [2.75, 3.05) is 26.2 Å². The van der Waals surface area contributed by atoms with Gasteiger partial charge in [-0.05, 0) is 61.1 Å². The van der Waals surface area contributed by atoms with Gasteiger partial charge in [0.15, 0.2) is 0 Å². The lowest BCUT2D eigenvalue weighted by Gasteiger charge is -2.33. The van der Waals surface area contributed by atoms with Crippen LogP contribution in [0.15, 0.2) is 24.3 Å². The molecule has 2 aliphatic heterocycles. The van der Waals surface area contributed by atoms with E-state index in [1.54, 1.807) is 0 Å². The van der Waals surface area contributed by atoms with Gasteiger partial charge < -0.3 is 15.5 Å². The van der Waals surface area contributed by atoms with Gasteiger partial charge >= 0.3 is 0 Å². The maximum absolute atomic E-state index is 12.7. The Balaban J connectivity index is 1.42. The van der Waals surface area contributed by atoms with Gasteiger partial charge in [0, 0.05) is 26.1 Å². The SMILES string of the molecule is CC(C)(C)c1ccc(CCC(=O)N2CCCC(CNC(=O)C3CCCN3)C2)cc1. The molecule has 2 fully saturated rings. The highest BCUT2D eigenvalue weighted by atomic mass is 16.2. The molecule has 2 amide bonds. The normalized spacial score (nSPS) is 22.5. The highest BCUT2D eigenvalue weighted by Gasteiger charge is 2.26. The number of amides is 2. The van der Waals surface area contributed by atoms with Crippen molar-refractivity contribution in [1.29, 1.82) is 0 Å². The summed E-state index contributed by atoms with van der Waals surface area (Å²) < 4.78 is 0. The zero-order valence-corrected chi connectivity index (χ0v) is 18.3. The molecular formula is C24H37N3O2. The molecular weight excluding hydrogens is 362 g/mol. The number of carbonyl (C=O) groups excluding carboxylic acids is 2. The number of carbonyl (C=O) groups is 2. The van der Waals surface area contributed by atoms with Gasteiger partial charge in [0.2, 0.25) is 11.8 Å². The van der Waals surface area contributed by atoms with E-state index < -0.39 is 0 Å². The first-order valence-corrected chi connectivity index (χ1v) is 11.2. The Morgan fingerprint density at radius 3 is 2.55 bits per heavy atom. The highest BCUT2D eigenvalue weighted by Crippen LogP contribution is 2.23. The number of hydrogen-bond donors (Lipinski definition) is 2. The molecule has 2 heterocycles. The minimum absolute atomic E-state index is 0.0269. The van der Waals surface area contributed by atoms with E-state index in [1.807, 2.05) is 4.90 Å². The van der Waals surface area contributed by atoms with Crippen LogP contribution in [0.5, 0.6) is 0 Å². The molecule has 3 rings (SSSR count). The summed E-state index contributed by atoms with van der Waals surface area (Å²) in [4.78, 5) is 26.9. The molecule has 0 radical (unpaired) electrons. The lowest BCUT2D eigenvalue weighted by molar-refractivity contribution is -0.132. The van der Waals surface area contributed by atoms with Crippen LogP contribution in [0.25, 0.3) is 0 Å². The summed E-state index contributed by atoms with van der Waals surface area (Å²) >= 11 is 0. The van der Waals surface area contributed by atoms with E-state index in [0.717, 1.165) is 51.7 Å². The van der Waals surface area contributed by atoms with Gasteiger partial charge in [-0.25, -0.2) is 0 Å². The van der Waals surface area contributed by atoms with Crippen LogP contribution in [-0.4, -0.2) is 48.9 Å². The fraction of sp³-hybridized carbons (Fsp3) is 0.667. The minimum atomic E-state index is -0.0269. The largest absolute Gasteiger partial charge is 0.354 e. The van der Waals surface area contributed by atoms with E-state index in [0.29, 0.717) is 18.9 Å². The van der Waals surface area contributed by atoms with Crippen LogP contribution >= 0.6 is 0 Å². The third-order valence-electron chi connectivity index (χ3n) is 6.26. The summed E-state index contributed by atoms with van der Waals surface area (Å²) in [5, 5.41) is 6.33. The quantitative estimate of drug-likeness (QED) is 0.773. The van der Waals surface area contributed by atoms with Crippen LogP contribution < -0.4 is 10.6 Å². The lowest BCUT2D eigenvalue weighted by atomic mass is 9.86. The summed E-state index contributed by atoms with van der Waals surface area (Å²) in [7, 11) is 0. The van der Waals surface area contributed by atoms with Crippen LogP contribution in [-0.2, 0) is 21.4 Å². The van der Waals surface area contributed by atoms with Crippen molar-refractivity contribution in [3.63, 3.8) is 0 Å². The molecule has 5 heteroatoms. The maximum atomic E-state index is 12.7. The molecule has 0 aliphatic carbocycles. The second-order valence-corrected chi connectivity index (χ2v) is 9.69. The molecule has 160 valence electrons. The number of rotatable bonds is 6. The van der Waals surface area contributed by atoms with Gasteiger partial charge in [0.05, 0.1) is 6.04 Å². The average molecular weight is 400 g/mol. The number of hydrogen-bond acceptors (Lipinski definition) is 3. The third kappa shape index (κ3) is 6.30. The van der Waals surface area contributed by atoms with Gasteiger partial charge in [-0.1, -0.05) is 45.0 Å². The molecule has 5 nitrogen and oxygen atoms in total. The predicted octanol–water partition coefficient (Wildman–Crippen LogP) is 3.02. The van der Waals surface area contributed by atoms with E-state index in [1.165, 1.54) is 11.1 Å². The Bertz CT molecular complexity index is 687. The summed E-state index contributed by atoms with van der Waals surface area (Å²) in [5.74, 6) is 0.715. The van der Waals surface area contributed by atoms with Gasteiger partial charge in [-0.2, -0.15) is 0 Å². The van der Waals surface area contributed by atoms with E-state index in [-0.39, 0.29) is 23.3 Å². The first-order chi connectivity index (χ1) is 13.8. The highest BCUT2D eigenvalue weighted by molar-refractivity contribution is 5.82. The predicted molar refractivity (Wildman–Crippen MR) is 117 cm³/mol. The standard InChI is InChI=1S/C24H37N3O2/c1-24(2,3)20-11-8-18(9-12-20)10-13-22(28)27-15-5-6-19(17-27)16-26-23(29)21-7-4-14-25-21/h8-9,11-12,19,21,25H,4-7,10,13-17H2,1-3H3,(H,26,29). The summed E-state index contributed by atoms with van der Waals surface area (Å²) in [6, 6.07) is 8.64. The number of nitrogens with one attached hydrogen (secondary N) is 2. The molecule has 0 aromatic heterocycles. The number of nitrogens with zero attached hydrogens (tertiary/aromatic N) is 1. The van der Waals surface area contributed by atoms with Crippen LogP contribution in [0, 0.1) is 5.92 Å². The molecule has 0 saturated carbocycles. The molecule has 2 unspecified atom stereocenters. The van der Waals surface area contributed by atoms with E-state index in [9.17, 15) is 9.59 Å². The smallest absolute Gasteiger partial charge is 0.237 e. The Labute approximate surface area is 175 Å². The van der Waals surface area contributed by atoms with Crippen molar-refractivity contribution in [1.82, 2.24) is 15.5 Å². The van der Waals surface area contributed by atoms with Crippen molar-refractivity contribution < 1.29 is 9.59 Å². The van der Waals surface area contributed by atoms with Crippen molar-refractivity contribution in [2.24, 2.45) is 5.92 Å². The van der Waals surface area contributed by atoms with Crippen LogP contribution in [0.2, 0.25) is 0 Å². The molecule has 29 heavy (non-hydrogen) atoms. The Morgan fingerprint density at radius 2 is 1.90 bits per heavy atom. The van der Waals surface area contributed by atoms with E-state index in [4.69, 9.17) is 0 Å². The number of likely N-dealkylation sites (tertiary alicyclic amines) is 1. The zero-order chi connectivity index (χ0) is 20.9. The number of benzene rings is 1. The zero-order valence-electron chi connectivity index (χ0n) is 18.3. The number of piperidine rings is 1. The fourth-order valence-electron chi connectivity index (χ4n) is 4.32. The first kappa shape index (κ1) is 21.8. The van der Waals surface area contributed by atoms with E-state index in [2.05, 4.69) is 55.7 Å². The van der Waals surface area contributed by atoms with Crippen molar-refractivity contribution >= 4 is 11.8 Å². The van der Waals surface area contributed by atoms with Crippen LogP contribution in [0.4, 0.5) is 0 Å². The molecule has 1 aromatic carbocycles. The van der Waals surface area contributed by atoms with Crippen LogP contribution in [0.1, 0.15) is 64.0 Å². The van der Waals surface area contributed by atoms with Gasteiger partial charge in [-0.3, -0.25) is 9.59 Å². The first-order valence-electron chi connectivity index (χ1n) is 11.2. The lowest BCUT2D eigenvalue weighted by Crippen LogP contribution is -2.46. The van der Waals surface area contributed by atoms with Crippen LogP contribution in [0.3, 0.4) is 0 Å². The van der Waals surface area contributed by atoms with Gasteiger partial charge in [-0.15, -0.1) is 0 Å². The summed E-state index contributed by atoms with van der Waals surface area (Å²) in [6.45, 7) is 9.86. The molecule has 2 N–H and O–H groups in total. The maximum Gasteiger partial charge on any atom is 0.237 e. The third-order valence-corrected chi connectivity index (χ3v) is 6.26. The molecule has 0 bridgehead atoms. The van der Waals surface area contributed by atoms with Gasteiger partial charge in [0.1, 0.15) is 0 Å². The van der Waals surface area contributed by atoms with Crippen molar-refractivity contribution in [2.45, 2.75) is 70.8 Å². The minimum Gasteiger partial charge on any atom is -0.354 e. The second kappa shape index (κ2) is 9.75. The molecule has 2 aliphatic rings. The summed E-state index contributed by atoms with van der Waals surface area (Å²) in [5.41, 5.74) is 2.69. The Kier molecular flexibility index (Phi) is 7.33. The molecule has 0 spiro atoms. The fourth-order valence-corrected chi connectivity index (χ4v) is 4.32. The van der Waals surface area contributed by atoms with E-state index >= 15 is 0 Å². The van der Waals surface area contributed by atoms with Gasteiger partial charge in [0.25, 0.3) is 0 Å². The van der Waals surface area contributed by atoms with Crippen molar-refractivity contribution in [3.05, 3.63) is 35.4 Å². The molecule has 2 saturated heterocycles. The van der Waals surface area contributed by atoms with Crippen molar-refractivity contribution in [3.8, 4) is 0 Å². The molecule has 1 aromatic rings. The topological polar surface area (TPSA) is 61.4 Å². The number of aryl methyl sites for hydroxylation is 1. The summed E-state index contributed by atoms with van der Waals surface area (Å²) in [6.07, 6.45) is 5.44. The second-order valence-electron chi connectivity index (χ2n) is 9.69.